The number of hydrogen-bond acceptors (Lipinski definition) is 3. The van der Waals surface area contributed by atoms with Gasteiger partial charge < -0.3 is 4.90 Å². The summed E-state index contributed by atoms with van der Waals surface area (Å²) < 4.78 is 1.94. The number of aryl methyl sites for hydroxylation is 1. The summed E-state index contributed by atoms with van der Waals surface area (Å²) in [5.41, 5.74) is 6.06. The topological polar surface area (TPSA) is 61.9 Å². The number of rotatable bonds is 4. The average Bonchev–Trinajstić information content (AvgIpc) is 2.95. The highest BCUT2D eigenvalue weighted by Gasteiger charge is 2.15. The molecule has 0 radical (unpaired) electrons. The average molecular weight is 393 g/mol. The van der Waals surface area contributed by atoms with Gasteiger partial charge in [0.05, 0.1) is 22.8 Å². The van der Waals surface area contributed by atoms with Gasteiger partial charge in [-0.05, 0) is 49.2 Å². The van der Waals surface area contributed by atoms with E-state index in [1.54, 1.807) is 25.1 Å². The number of carbonyl (C=O) groups excluding carboxylic acids is 1. The number of nitrogens with zero attached hydrogens (tertiary/aromatic N) is 4. The van der Waals surface area contributed by atoms with Gasteiger partial charge in [0, 0.05) is 30.9 Å². The first-order valence-electron chi connectivity index (χ1n) is 8.86. The van der Waals surface area contributed by atoms with Gasteiger partial charge in [0.2, 0.25) is 0 Å². The molecule has 1 aromatic heterocycles. The van der Waals surface area contributed by atoms with Crippen molar-refractivity contribution in [2.24, 2.45) is 0 Å². The van der Waals surface area contributed by atoms with Gasteiger partial charge in [0.1, 0.15) is 6.07 Å². The highest BCUT2D eigenvalue weighted by molar-refractivity contribution is 6.32. The Bertz CT molecular complexity index is 1080. The summed E-state index contributed by atoms with van der Waals surface area (Å²) in [6.45, 7) is 4.59. The van der Waals surface area contributed by atoms with E-state index in [-0.39, 0.29) is 5.91 Å². The van der Waals surface area contributed by atoms with Gasteiger partial charge in [-0.15, -0.1) is 0 Å². The Morgan fingerprint density at radius 2 is 1.86 bits per heavy atom. The first-order valence-corrected chi connectivity index (χ1v) is 9.24. The molecular formula is C22H21ClN4O. The van der Waals surface area contributed by atoms with Crippen molar-refractivity contribution in [2.75, 3.05) is 14.1 Å². The molecule has 0 bridgehead atoms. The Morgan fingerprint density at radius 1 is 1.18 bits per heavy atom. The van der Waals surface area contributed by atoms with Crippen LogP contribution in [0.25, 0.3) is 11.1 Å². The molecule has 0 aliphatic heterocycles. The van der Waals surface area contributed by atoms with Crippen LogP contribution >= 0.6 is 11.6 Å². The predicted octanol–water partition coefficient (Wildman–Crippen LogP) is 4.44. The number of carbonyl (C=O) groups is 1. The lowest BCUT2D eigenvalue weighted by atomic mass is 10.0. The molecule has 0 N–H and O–H groups in total. The molecular weight excluding hydrogens is 372 g/mol. The van der Waals surface area contributed by atoms with Gasteiger partial charge >= 0.3 is 0 Å². The summed E-state index contributed by atoms with van der Waals surface area (Å²) >= 11 is 6.20. The molecule has 6 heteroatoms. The molecule has 0 aliphatic rings. The molecule has 1 amide bonds. The number of halogens is 1. The molecule has 0 aliphatic carbocycles. The van der Waals surface area contributed by atoms with E-state index in [9.17, 15) is 4.79 Å². The minimum absolute atomic E-state index is 0.0161. The number of benzene rings is 2. The van der Waals surface area contributed by atoms with Crippen LogP contribution in [0.15, 0.2) is 42.5 Å². The Morgan fingerprint density at radius 3 is 2.43 bits per heavy atom. The first kappa shape index (κ1) is 19.7. The maximum atomic E-state index is 12.0. The van der Waals surface area contributed by atoms with E-state index in [4.69, 9.17) is 16.9 Å². The molecule has 2 aromatic carbocycles. The zero-order chi connectivity index (χ0) is 20.4. The van der Waals surface area contributed by atoms with Crippen LogP contribution in [0.3, 0.4) is 0 Å². The van der Waals surface area contributed by atoms with E-state index in [1.165, 1.54) is 0 Å². The van der Waals surface area contributed by atoms with Crippen molar-refractivity contribution in [1.82, 2.24) is 14.7 Å². The summed E-state index contributed by atoms with van der Waals surface area (Å²) in [6, 6.07) is 15.1. The molecule has 142 valence electrons. The van der Waals surface area contributed by atoms with E-state index in [0.717, 1.165) is 28.1 Å². The zero-order valence-electron chi connectivity index (χ0n) is 16.3. The van der Waals surface area contributed by atoms with Crippen molar-refractivity contribution in [3.05, 3.63) is 75.6 Å². The Kier molecular flexibility index (Phi) is 5.53. The Hall–Kier alpha value is -3.10. The molecule has 0 saturated heterocycles. The van der Waals surface area contributed by atoms with Crippen molar-refractivity contribution in [3.8, 4) is 17.2 Å². The smallest absolute Gasteiger partial charge is 0.253 e. The molecule has 0 unspecified atom stereocenters. The fraction of sp³-hybridized carbons (Fsp3) is 0.227. The molecule has 1 heterocycles. The van der Waals surface area contributed by atoms with Crippen molar-refractivity contribution >= 4 is 17.5 Å². The maximum Gasteiger partial charge on any atom is 0.253 e. The number of amides is 1. The van der Waals surface area contributed by atoms with E-state index in [2.05, 4.69) is 11.2 Å². The van der Waals surface area contributed by atoms with Crippen LogP contribution in [-0.4, -0.2) is 34.7 Å². The summed E-state index contributed by atoms with van der Waals surface area (Å²) in [5, 5.41) is 14.2. The fourth-order valence-electron chi connectivity index (χ4n) is 3.21. The van der Waals surface area contributed by atoms with Gasteiger partial charge in [0.25, 0.3) is 5.91 Å². The van der Waals surface area contributed by atoms with Crippen molar-refractivity contribution < 1.29 is 4.79 Å². The molecule has 5 nitrogen and oxygen atoms in total. The van der Waals surface area contributed by atoms with E-state index < -0.39 is 0 Å². The van der Waals surface area contributed by atoms with Crippen LogP contribution in [-0.2, 0) is 6.54 Å². The summed E-state index contributed by atoms with van der Waals surface area (Å²) in [6.07, 6.45) is 0. The molecule has 0 atom stereocenters. The number of aromatic nitrogens is 2. The molecule has 0 spiro atoms. The van der Waals surface area contributed by atoms with Crippen LogP contribution in [0, 0.1) is 25.2 Å². The Labute approximate surface area is 169 Å². The second-order valence-electron chi connectivity index (χ2n) is 6.91. The Balaban J connectivity index is 1.89. The fourth-order valence-corrected chi connectivity index (χ4v) is 3.44. The second kappa shape index (κ2) is 7.87. The minimum atomic E-state index is -0.0161. The van der Waals surface area contributed by atoms with Crippen LogP contribution in [0.2, 0.25) is 5.02 Å². The highest BCUT2D eigenvalue weighted by atomic mass is 35.5. The van der Waals surface area contributed by atoms with Crippen molar-refractivity contribution in [1.29, 1.82) is 5.26 Å². The van der Waals surface area contributed by atoms with Gasteiger partial charge in [-0.25, -0.2) is 0 Å². The third-order valence-electron chi connectivity index (χ3n) is 4.70. The van der Waals surface area contributed by atoms with Crippen LogP contribution in [0.1, 0.15) is 32.9 Å². The molecule has 3 aromatic rings. The third-order valence-corrected chi connectivity index (χ3v) is 5.01. The van der Waals surface area contributed by atoms with Crippen LogP contribution in [0.4, 0.5) is 0 Å². The summed E-state index contributed by atoms with van der Waals surface area (Å²) in [7, 11) is 3.48. The maximum absolute atomic E-state index is 12.0. The quantitative estimate of drug-likeness (QED) is 0.659. The lowest BCUT2D eigenvalue weighted by Crippen LogP contribution is -2.21. The number of hydrogen-bond donors (Lipinski definition) is 0. The zero-order valence-corrected chi connectivity index (χ0v) is 17.1. The van der Waals surface area contributed by atoms with Gasteiger partial charge in [0.15, 0.2) is 0 Å². The van der Waals surface area contributed by atoms with E-state index >= 15 is 0 Å². The molecule has 28 heavy (non-hydrogen) atoms. The first-order chi connectivity index (χ1) is 13.3. The third kappa shape index (κ3) is 3.78. The summed E-state index contributed by atoms with van der Waals surface area (Å²) in [5.74, 6) is -0.0161. The van der Waals surface area contributed by atoms with E-state index in [1.807, 2.05) is 54.9 Å². The molecule has 0 fully saturated rings. The SMILES string of the molecule is Cc1nn(Cc2ccc(C(=O)N(C)C)cc2)c(C)c1-c1ccc(C#N)c(Cl)c1. The van der Waals surface area contributed by atoms with Gasteiger partial charge in [-0.2, -0.15) is 10.4 Å². The second-order valence-corrected chi connectivity index (χ2v) is 7.31. The van der Waals surface area contributed by atoms with Gasteiger partial charge in [-0.3, -0.25) is 9.48 Å². The minimum Gasteiger partial charge on any atom is -0.345 e. The largest absolute Gasteiger partial charge is 0.345 e. The monoisotopic (exact) mass is 392 g/mol. The van der Waals surface area contributed by atoms with E-state index in [0.29, 0.717) is 22.7 Å². The van der Waals surface area contributed by atoms with Crippen molar-refractivity contribution in [3.63, 3.8) is 0 Å². The van der Waals surface area contributed by atoms with Crippen LogP contribution < -0.4 is 0 Å². The molecule has 3 rings (SSSR count). The van der Waals surface area contributed by atoms with Crippen LogP contribution in [0.5, 0.6) is 0 Å². The lowest BCUT2D eigenvalue weighted by Gasteiger charge is -2.11. The normalized spacial score (nSPS) is 10.6. The predicted molar refractivity (Wildman–Crippen MR) is 110 cm³/mol. The summed E-state index contributed by atoms with van der Waals surface area (Å²) in [4.78, 5) is 13.6. The molecule has 0 saturated carbocycles. The van der Waals surface area contributed by atoms with Gasteiger partial charge in [-0.1, -0.05) is 29.8 Å². The highest BCUT2D eigenvalue weighted by Crippen LogP contribution is 2.30. The van der Waals surface area contributed by atoms with Crippen molar-refractivity contribution in [2.45, 2.75) is 20.4 Å². The standard InChI is InChI=1S/C22H21ClN4O/c1-14-21(18-9-10-19(12-24)20(23)11-18)15(2)27(25-14)13-16-5-7-17(8-6-16)22(28)26(3)4/h5-11H,13H2,1-4H3. The number of nitriles is 1. The lowest BCUT2D eigenvalue weighted by molar-refractivity contribution is 0.0827.